The number of nitrogens with one attached hydrogen (secondary N) is 1. The topological polar surface area (TPSA) is 55.4 Å². The fourth-order valence-corrected chi connectivity index (χ4v) is 5.51. The monoisotopic (exact) mass is 487 g/mol. The van der Waals surface area contributed by atoms with Gasteiger partial charge < -0.3 is 10.1 Å². The van der Waals surface area contributed by atoms with E-state index in [1.807, 2.05) is 24.3 Å². The molecule has 182 valence electrons. The molecular weight excluding hydrogens is 454 g/mol. The number of esters is 1. The predicted octanol–water partition coefficient (Wildman–Crippen LogP) is 7.67. The van der Waals surface area contributed by atoms with E-state index in [2.05, 4.69) is 52.1 Å². The van der Waals surface area contributed by atoms with E-state index in [1.54, 1.807) is 36.0 Å². The van der Waals surface area contributed by atoms with Crippen molar-refractivity contribution in [2.45, 2.75) is 75.0 Å². The predicted molar refractivity (Wildman–Crippen MR) is 143 cm³/mol. The van der Waals surface area contributed by atoms with Crippen molar-refractivity contribution in [3.63, 3.8) is 0 Å². The average molecular weight is 488 g/mol. The van der Waals surface area contributed by atoms with Crippen LogP contribution in [0.1, 0.15) is 74.5 Å². The highest BCUT2D eigenvalue weighted by atomic mass is 32.2. The number of ether oxygens (including phenoxy) is 1. The molecular formula is C30H33NO3S. The molecule has 1 aliphatic carbocycles. The number of rotatable bonds is 5. The Balaban J connectivity index is 1.48. The molecule has 0 heterocycles. The molecule has 0 atom stereocenters. The fraction of sp³-hybridized carbons (Fsp3) is 0.333. The molecule has 0 aliphatic heterocycles. The Morgan fingerprint density at radius 3 is 2.00 bits per heavy atom. The van der Waals surface area contributed by atoms with Crippen molar-refractivity contribution in [3.05, 3.63) is 82.9 Å². The van der Waals surface area contributed by atoms with Gasteiger partial charge in [0.1, 0.15) is 5.75 Å². The summed E-state index contributed by atoms with van der Waals surface area (Å²) in [6, 6.07) is 19.2. The number of anilines is 1. The van der Waals surface area contributed by atoms with Crippen molar-refractivity contribution in [1.82, 2.24) is 0 Å². The van der Waals surface area contributed by atoms with E-state index < -0.39 is 0 Å². The third-order valence-corrected chi connectivity index (χ3v) is 8.03. The van der Waals surface area contributed by atoms with Crippen LogP contribution >= 0.6 is 11.8 Å². The van der Waals surface area contributed by atoms with Crippen LogP contribution in [0.15, 0.2) is 70.5 Å². The van der Waals surface area contributed by atoms with Gasteiger partial charge in [0.2, 0.25) is 0 Å². The molecule has 1 N–H and O–H groups in total. The third-order valence-electron chi connectivity index (χ3n) is 6.87. The zero-order valence-corrected chi connectivity index (χ0v) is 22.1. The van der Waals surface area contributed by atoms with Crippen molar-refractivity contribution in [1.29, 1.82) is 0 Å². The van der Waals surface area contributed by atoms with Crippen LogP contribution in [-0.2, 0) is 15.6 Å². The number of fused-ring (bicyclic) bond motifs is 1. The van der Waals surface area contributed by atoms with Crippen molar-refractivity contribution in [2.24, 2.45) is 0 Å². The maximum Gasteiger partial charge on any atom is 0.308 e. The van der Waals surface area contributed by atoms with Crippen molar-refractivity contribution in [3.8, 4) is 5.75 Å². The lowest BCUT2D eigenvalue weighted by Gasteiger charge is -2.42. The van der Waals surface area contributed by atoms with E-state index in [1.165, 1.54) is 41.4 Å². The first-order valence-electron chi connectivity index (χ1n) is 12.0. The van der Waals surface area contributed by atoms with Gasteiger partial charge in [-0.05, 0) is 102 Å². The second kappa shape index (κ2) is 9.54. The number of aryl methyl sites for hydroxylation is 1. The van der Waals surface area contributed by atoms with E-state index in [9.17, 15) is 9.59 Å². The van der Waals surface area contributed by atoms with Gasteiger partial charge in [-0.15, -0.1) is 0 Å². The van der Waals surface area contributed by atoms with E-state index >= 15 is 0 Å². The van der Waals surface area contributed by atoms with E-state index in [0.29, 0.717) is 17.0 Å². The van der Waals surface area contributed by atoms with Gasteiger partial charge >= 0.3 is 5.97 Å². The second-order valence-corrected chi connectivity index (χ2v) is 11.7. The number of carbonyl (C=O) groups is 2. The summed E-state index contributed by atoms with van der Waals surface area (Å²) in [5.41, 5.74) is 5.82. The lowest BCUT2D eigenvalue weighted by Crippen LogP contribution is -2.34. The number of carbonyl (C=O) groups excluding carboxylic acids is 2. The Kier molecular flexibility index (Phi) is 6.83. The molecule has 35 heavy (non-hydrogen) atoms. The molecule has 1 amide bonds. The summed E-state index contributed by atoms with van der Waals surface area (Å²) in [6.07, 6.45) is 2.40. The van der Waals surface area contributed by atoms with Gasteiger partial charge in [0.05, 0.1) is 0 Å². The number of hydrogen-bond donors (Lipinski definition) is 1. The normalized spacial score (nSPS) is 15.7. The van der Waals surface area contributed by atoms with E-state index in [0.717, 1.165) is 4.90 Å². The number of hydrogen-bond acceptors (Lipinski definition) is 4. The molecule has 0 saturated heterocycles. The molecule has 0 radical (unpaired) electrons. The average Bonchev–Trinajstić information content (AvgIpc) is 2.79. The molecule has 4 nitrogen and oxygen atoms in total. The first-order valence-corrected chi connectivity index (χ1v) is 12.8. The maximum atomic E-state index is 12.7. The zero-order valence-electron chi connectivity index (χ0n) is 21.3. The fourth-order valence-electron chi connectivity index (χ4n) is 4.59. The minimum Gasteiger partial charge on any atom is -0.427 e. The number of amides is 1. The Bertz CT molecular complexity index is 1260. The van der Waals surface area contributed by atoms with Gasteiger partial charge in [0.25, 0.3) is 5.91 Å². The summed E-state index contributed by atoms with van der Waals surface area (Å²) in [7, 11) is 0. The summed E-state index contributed by atoms with van der Waals surface area (Å²) in [6.45, 7) is 12.9. The molecule has 0 spiro atoms. The summed E-state index contributed by atoms with van der Waals surface area (Å²) >= 11 is 1.75. The molecule has 4 rings (SSSR count). The standard InChI is InChI=1S/C30H33NO3S/c1-19-17-25-26(30(5,6)16-15-29(25,3)4)18-27(19)35-24-13-7-21(8-14-24)28(33)31-22-9-11-23(12-10-22)34-20(2)32/h7-14,17-18H,15-16H2,1-6H3,(H,31,33). The first-order chi connectivity index (χ1) is 16.4. The van der Waals surface area contributed by atoms with Crippen LogP contribution in [0.4, 0.5) is 5.69 Å². The van der Waals surface area contributed by atoms with E-state index in [4.69, 9.17) is 4.74 Å². The first kappa shape index (κ1) is 25.1. The van der Waals surface area contributed by atoms with Crippen LogP contribution in [0.5, 0.6) is 5.75 Å². The molecule has 3 aromatic rings. The summed E-state index contributed by atoms with van der Waals surface area (Å²) in [4.78, 5) is 26.1. The molecule has 3 aromatic carbocycles. The smallest absolute Gasteiger partial charge is 0.308 e. The molecule has 0 bridgehead atoms. The molecule has 0 saturated carbocycles. The lowest BCUT2D eigenvalue weighted by molar-refractivity contribution is -0.131. The van der Waals surface area contributed by atoms with E-state index in [-0.39, 0.29) is 22.7 Å². The molecule has 0 fully saturated rings. The minimum atomic E-state index is -0.377. The largest absolute Gasteiger partial charge is 0.427 e. The Morgan fingerprint density at radius 2 is 1.43 bits per heavy atom. The number of benzene rings is 3. The molecule has 0 unspecified atom stereocenters. The van der Waals surface area contributed by atoms with Gasteiger partial charge in [-0.25, -0.2) is 0 Å². The summed E-state index contributed by atoms with van der Waals surface area (Å²) in [5.74, 6) is -0.116. The summed E-state index contributed by atoms with van der Waals surface area (Å²) in [5, 5.41) is 2.88. The van der Waals surface area contributed by atoms with Crippen LogP contribution in [0.3, 0.4) is 0 Å². The van der Waals surface area contributed by atoms with Crippen molar-refractivity contribution in [2.75, 3.05) is 5.32 Å². The highest BCUT2D eigenvalue weighted by molar-refractivity contribution is 7.99. The molecule has 5 heteroatoms. The van der Waals surface area contributed by atoms with Crippen LogP contribution in [0.2, 0.25) is 0 Å². The minimum absolute atomic E-state index is 0.173. The van der Waals surface area contributed by atoms with Crippen LogP contribution in [-0.4, -0.2) is 11.9 Å². The lowest BCUT2D eigenvalue weighted by atomic mass is 9.63. The highest BCUT2D eigenvalue weighted by Crippen LogP contribution is 2.48. The van der Waals surface area contributed by atoms with Gasteiger partial charge in [0.15, 0.2) is 0 Å². The Labute approximate surface area is 212 Å². The highest BCUT2D eigenvalue weighted by Gasteiger charge is 2.37. The van der Waals surface area contributed by atoms with Gasteiger partial charge in [0, 0.05) is 28.0 Å². The second-order valence-electron chi connectivity index (χ2n) is 10.6. The summed E-state index contributed by atoms with van der Waals surface area (Å²) < 4.78 is 5.03. The van der Waals surface area contributed by atoms with Crippen LogP contribution < -0.4 is 10.1 Å². The van der Waals surface area contributed by atoms with Gasteiger partial charge in [-0.1, -0.05) is 45.5 Å². The Hall–Kier alpha value is -3.05. The van der Waals surface area contributed by atoms with Crippen molar-refractivity contribution >= 4 is 29.3 Å². The SMILES string of the molecule is CC(=O)Oc1ccc(NC(=O)c2ccc(Sc3cc4c(cc3C)C(C)(C)CCC4(C)C)cc2)cc1. The quantitative estimate of drug-likeness (QED) is 0.296. The third kappa shape index (κ3) is 5.62. The zero-order chi connectivity index (χ0) is 25.4. The van der Waals surface area contributed by atoms with Gasteiger partial charge in [-0.2, -0.15) is 0 Å². The van der Waals surface area contributed by atoms with Crippen molar-refractivity contribution < 1.29 is 14.3 Å². The molecule has 0 aromatic heterocycles. The molecule has 1 aliphatic rings. The maximum absolute atomic E-state index is 12.7. The Morgan fingerprint density at radius 1 is 0.857 bits per heavy atom. The van der Waals surface area contributed by atoms with Gasteiger partial charge in [-0.3, -0.25) is 9.59 Å². The van der Waals surface area contributed by atoms with Crippen LogP contribution in [0.25, 0.3) is 0 Å². The van der Waals surface area contributed by atoms with Crippen LogP contribution in [0, 0.1) is 6.92 Å².